The summed E-state index contributed by atoms with van der Waals surface area (Å²) in [5.74, 6) is 1.19. The Morgan fingerprint density at radius 1 is 1.29 bits per heavy atom. The second-order valence-electron chi connectivity index (χ2n) is 2.56. The summed E-state index contributed by atoms with van der Waals surface area (Å²) < 4.78 is 4.87. The van der Waals surface area contributed by atoms with Gasteiger partial charge in [-0.2, -0.15) is 4.98 Å². The van der Waals surface area contributed by atoms with Crippen LogP contribution >= 0.6 is 23.4 Å². The molecule has 0 fully saturated rings. The van der Waals surface area contributed by atoms with E-state index in [-0.39, 0.29) is 5.28 Å². The van der Waals surface area contributed by atoms with Crippen LogP contribution in [0.4, 0.5) is 0 Å². The van der Waals surface area contributed by atoms with E-state index >= 15 is 0 Å². The lowest BCUT2D eigenvalue weighted by Gasteiger charge is -1.95. The van der Waals surface area contributed by atoms with Gasteiger partial charge in [-0.3, -0.25) is 0 Å². The molecule has 0 saturated carbocycles. The van der Waals surface area contributed by atoms with Gasteiger partial charge >= 0.3 is 0 Å². The Bertz CT molecular complexity index is 404. The Balaban J connectivity index is 1.95. The van der Waals surface area contributed by atoms with Crippen LogP contribution in [0.3, 0.4) is 0 Å². The van der Waals surface area contributed by atoms with Gasteiger partial charge < -0.3 is 4.52 Å². The maximum absolute atomic E-state index is 5.52. The minimum atomic E-state index is 0.161. The Kier molecular flexibility index (Phi) is 3.06. The number of hydrogen-bond donors (Lipinski definition) is 0. The van der Waals surface area contributed by atoms with E-state index in [1.807, 2.05) is 30.3 Å². The van der Waals surface area contributed by atoms with E-state index in [2.05, 4.69) is 10.1 Å². The molecule has 2 aromatic rings. The normalized spacial score (nSPS) is 10.4. The lowest BCUT2D eigenvalue weighted by atomic mass is 10.4. The molecule has 1 aromatic carbocycles. The maximum Gasteiger partial charge on any atom is 0.263 e. The fourth-order valence-corrected chi connectivity index (χ4v) is 1.84. The summed E-state index contributed by atoms with van der Waals surface area (Å²) in [5, 5.41) is 3.66. The molecule has 0 saturated heterocycles. The SMILES string of the molecule is Clc1noc(CSc2ccccc2)n1. The van der Waals surface area contributed by atoms with E-state index in [4.69, 9.17) is 16.1 Å². The number of thioether (sulfide) groups is 1. The molecule has 0 bridgehead atoms. The van der Waals surface area contributed by atoms with Gasteiger partial charge in [0, 0.05) is 4.90 Å². The molecule has 0 aliphatic rings. The second-order valence-corrected chi connectivity index (χ2v) is 3.95. The monoisotopic (exact) mass is 226 g/mol. The number of nitrogens with zero attached hydrogens (tertiary/aromatic N) is 2. The van der Waals surface area contributed by atoms with Crippen LogP contribution in [0.15, 0.2) is 39.8 Å². The van der Waals surface area contributed by atoms with E-state index in [0.29, 0.717) is 11.6 Å². The third-order valence-corrected chi connectivity index (χ3v) is 2.70. The molecule has 5 heteroatoms. The van der Waals surface area contributed by atoms with E-state index < -0.39 is 0 Å². The average molecular weight is 227 g/mol. The van der Waals surface area contributed by atoms with E-state index in [0.717, 1.165) is 0 Å². The molecule has 0 radical (unpaired) electrons. The van der Waals surface area contributed by atoms with Crippen LogP contribution in [0.5, 0.6) is 0 Å². The topological polar surface area (TPSA) is 38.9 Å². The Labute approximate surface area is 90.5 Å². The maximum atomic E-state index is 5.52. The zero-order chi connectivity index (χ0) is 9.80. The van der Waals surface area contributed by atoms with Crippen LogP contribution in [0, 0.1) is 0 Å². The van der Waals surface area contributed by atoms with Crippen molar-refractivity contribution in [2.24, 2.45) is 0 Å². The van der Waals surface area contributed by atoms with Gasteiger partial charge in [0.2, 0.25) is 5.89 Å². The van der Waals surface area contributed by atoms with Crippen molar-refractivity contribution in [3.05, 3.63) is 41.5 Å². The van der Waals surface area contributed by atoms with Crippen molar-refractivity contribution in [2.45, 2.75) is 10.6 Å². The van der Waals surface area contributed by atoms with Crippen molar-refractivity contribution in [1.29, 1.82) is 0 Å². The summed E-state index contributed by atoms with van der Waals surface area (Å²) in [4.78, 5) is 5.06. The first-order valence-electron chi connectivity index (χ1n) is 4.00. The van der Waals surface area contributed by atoms with Crippen molar-refractivity contribution in [3.63, 3.8) is 0 Å². The van der Waals surface area contributed by atoms with Crippen LogP contribution < -0.4 is 0 Å². The van der Waals surface area contributed by atoms with Crippen LogP contribution in [-0.4, -0.2) is 10.1 Å². The van der Waals surface area contributed by atoms with Crippen molar-refractivity contribution < 1.29 is 4.52 Å². The quantitative estimate of drug-likeness (QED) is 0.755. The summed E-state index contributed by atoms with van der Waals surface area (Å²) in [6.45, 7) is 0. The van der Waals surface area contributed by atoms with Crippen LogP contribution in [0.1, 0.15) is 5.89 Å². The summed E-state index contributed by atoms with van der Waals surface area (Å²) in [5.41, 5.74) is 0. The van der Waals surface area contributed by atoms with Crippen molar-refractivity contribution >= 4 is 23.4 Å². The van der Waals surface area contributed by atoms with Crippen LogP contribution in [0.25, 0.3) is 0 Å². The largest absolute Gasteiger partial charge is 0.337 e. The van der Waals surface area contributed by atoms with Crippen molar-refractivity contribution in [2.75, 3.05) is 0 Å². The fourth-order valence-electron chi connectivity index (χ4n) is 0.954. The van der Waals surface area contributed by atoms with Crippen molar-refractivity contribution in [1.82, 2.24) is 10.1 Å². The van der Waals surface area contributed by atoms with Gasteiger partial charge in [0.1, 0.15) is 0 Å². The minimum absolute atomic E-state index is 0.161. The molecule has 0 unspecified atom stereocenters. The number of benzene rings is 1. The van der Waals surface area contributed by atoms with Gasteiger partial charge in [-0.05, 0) is 28.9 Å². The number of rotatable bonds is 3. The summed E-state index contributed by atoms with van der Waals surface area (Å²) >= 11 is 7.15. The molecular weight excluding hydrogens is 220 g/mol. The first-order chi connectivity index (χ1) is 6.84. The predicted octanol–water partition coefficient (Wildman–Crippen LogP) is 3.02. The molecule has 0 spiro atoms. The Morgan fingerprint density at radius 2 is 2.07 bits per heavy atom. The first-order valence-corrected chi connectivity index (χ1v) is 5.37. The third-order valence-electron chi connectivity index (χ3n) is 1.55. The third kappa shape index (κ3) is 2.49. The number of halogens is 1. The van der Waals surface area contributed by atoms with Gasteiger partial charge in [0.25, 0.3) is 5.28 Å². The van der Waals surface area contributed by atoms with E-state index in [9.17, 15) is 0 Å². The van der Waals surface area contributed by atoms with E-state index in [1.54, 1.807) is 11.8 Å². The highest BCUT2D eigenvalue weighted by Gasteiger charge is 2.03. The van der Waals surface area contributed by atoms with Gasteiger partial charge in [-0.15, -0.1) is 11.8 Å². The predicted molar refractivity (Wildman–Crippen MR) is 55.3 cm³/mol. The highest BCUT2D eigenvalue weighted by atomic mass is 35.5. The number of aromatic nitrogens is 2. The molecule has 3 nitrogen and oxygen atoms in total. The first kappa shape index (κ1) is 9.55. The lowest BCUT2D eigenvalue weighted by molar-refractivity contribution is 0.390. The zero-order valence-electron chi connectivity index (χ0n) is 7.18. The minimum Gasteiger partial charge on any atom is -0.337 e. The molecular formula is C9H7ClN2OS. The molecule has 2 rings (SSSR count). The molecule has 1 heterocycles. The van der Waals surface area contributed by atoms with Crippen molar-refractivity contribution in [3.8, 4) is 0 Å². The van der Waals surface area contributed by atoms with Gasteiger partial charge in [0.15, 0.2) is 0 Å². The zero-order valence-corrected chi connectivity index (χ0v) is 8.76. The standard InChI is InChI=1S/C9H7ClN2OS/c10-9-11-8(13-12-9)6-14-7-4-2-1-3-5-7/h1-5H,6H2. The molecule has 0 N–H and O–H groups in total. The summed E-state index contributed by atoms with van der Waals surface area (Å²) in [6.07, 6.45) is 0. The Hall–Kier alpha value is -1.00. The molecule has 14 heavy (non-hydrogen) atoms. The van der Waals surface area contributed by atoms with E-state index in [1.165, 1.54) is 4.90 Å². The molecule has 0 aliphatic heterocycles. The smallest absolute Gasteiger partial charge is 0.263 e. The molecule has 0 amide bonds. The lowest BCUT2D eigenvalue weighted by Crippen LogP contribution is -1.79. The summed E-state index contributed by atoms with van der Waals surface area (Å²) in [7, 11) is 0. The highest BCUT2D eigenvalue weighted by Crippen LogP contribution is 2.21. The number of hydrogen-bond acceptors (Lipinski definition) is 4. The molecule has 0 atom stereocenters. The average Bonchev–Trinajstić information content (AvgIpc) is 2.63. The van der Waals surface area contributed by atoms with Crippen LogP contribution in [0.2, 0.25) is 5.28 Å². The van der Waals surface area contributed by atoms with Gasteiger partial charge in [0.05, 0.1) is 5.75 Å². The molecule has 1 aromatic heterocycles. The second kappa shape index (κ2) is 4.48. The summed E-state index contributed by atoms with van der Waals surface area (Å²) in [6, 6.07) is 10.0. The van der Waals surface area contributed by atoms with Gasteiger partial charge in [-0.25, -0.2) is 0 Å². The van der Waals surface area contributed by atoms with Gasteiger partial charge in [-0.1, -0.05) is 18.2 Å². The Morgan fingerprint density at radius 3 is 2.71 bits per heavy atom. The van der Waals surface area contributed by atoms with Crippen LogP contribution in [-0.2, 0) is 5.75 Å². The molecule has 72 valence electrons. The molecule has 0 aliphatic carbocycles. The fraction of sp³-hybridized carbons (Fsp3) is 0.111. The highest BCUT2D eigenvalue weighted by molar-refractivity contribution is 7.98.